The number of nitrogens with zero attached hydrogens (tertiary/aromatic N) is 2. The van der Waals surface area contributed by atoms with Crippen LogP contribution in [0.1, 0.15) is 16.1 Å². The minimum absolute atomic E-state index is 0.0775. The van der Waals surface area contributed by atoms with Gasteiger partial charge in [-0.2, -0.15) is 0 Å². The lowest BCUT2D eigenvalue weighted by atomic mass is 10.2. The fourth-order valence-corrected chi connectivity index (χ4v) is 1.88. The molecule has 1 amide bonds. The summed E-state index contributed by atoms with van der Waals surface area (Å²) in [5.41, 5.74) is 0.783. The molecule has 104 valence electrons. The van der Waals surface area contributed by atoms with Gasteiger partial charge >= 0.3 is 5.88 Å². The molecule has 1 aromatic carbocycles. The van der Waals surface area contributed by atoms with Crippen LogP contribution in [0.2, 0.25) is 5.02 Å². The average molecular weight is 295 g/mol. The van der Waals surface area contributed by atoms with Crippen molar-refractivity contribution in [2.45, 2.75) is 6.54 Å². The zero-order valence-corrected chi connectivity index (χ0v) is 11.3. The maximum atomic E-state index is 12.1. The van der Waals surface area contributed by atoms with Crippen LogP contribution in [-0.2, 0) is 6.54 Å². The summed E-state index contributed by atoms with van der Waals surface area (Å²) in [4.78, 5) is 23.3. The van der Waals surface area contributed by atoms with Crippen LogP contribution in [0.25, 0.3) is 0 Å². The average Bonchev–Trinajstić information content (AvgIpc) is 2.90. The van der Waals surface area contributed by atoms with E-state index in [1.54, 1.807) is 25.2 Å². The topological polar surface area (TPSA) is 76.6 Å². The van der Waals surface area contributed by atoms with Gasteiger partial charge in [0.1, 0.15) is 4.92 Å². The standard InChI is InChI=1S/C13H11ClN2O4/c1-15(8-9-4-2-3-5-10(9)14)13(17)11-6-7-12(20-11)16(18)19/h2-7H,8H2,1H3. The summed E-state index contributed by atoms with van der Waals surface area (Å²) in [6.07, 6.45) is 0. The Bertz CT molecular complexity index is 653. The second-order valence-electron chi connectivity index (χ2n) is 4.15. The van der Waals surface area contributed by atoms with Gasteiger partial charge in [0.05, 0.1) is 6.07 Å². The summed E-state index contributed by atoms with van der Waals surface area (Å²) in [5, 5.41) is 11.1. The number of carbonyl (C=O) groups excluding carboxylic acids is 1. The van der Waals surface area contributed by atoms with Crippen LogP contribution < -0.4 is 0 Å². The molecule has 0 spiro atoms. The highest BCUT2D eigenvalue weighted by Gasteiger charge is 2.20. The molecule has 2 aromatic rings. The van der Waals surface area contributed by atoms with E-state index in [9.17, 15) is 14.9 Å². The molecule has 1 heterocycles. The first kappa shape index (κ1) is 14.1. The molecule has 2 rings (SSSR count). The molecule has 0 N–H and O–H groups in total. The molecule has 0 saturated carbocycles. The SMILES string of the molecule is CN(Cc1ccccc1Cl)C(=O)c1ccc([N+](=O)[O-])o1. The van der Waals surface area contributed by atoms with Crippen molar-refractivity contribution >= 4 is 23.4 Å². The molecule has 1 aromatic heterocycles. The number of amides is 1. The summed E-state index contributed by atoms with van der Waals surface area (Å²) in [6, 6.07) is 9.57. The molecule has 7 heteroatoms. The molecule has 0 aliphatic carbocycles. The van der Waals surface area contributed by atoms with E-state index in [1.807, 2.05) is 6.07 Å². The number of hydrogen-bond acceptors (Lipinski definition) is 4. The second kappa shape index (κ2) is 5.75. The highest BCUT2D eigenvalue weighted by Crippen LogP contribution is 2.20. The lowest BCUT2D eigenvalue weighted by Gasteiger charge is -2.16. The van der Waals surface area contributed by atoms with Crippen LogP contribution in [0.15, 0.2) is 40.8 Å². The predicted molar refractivity (Wildman–Crippen MR) is 72.6 cm³/mol. The lowest BCUT2D eigenvalue weighted by Crippen LogP contribution is -2.25. The molecule has 0 radical (unpaired) electrons. The number of furan rings is 1. The quantitative estimate of drug-likeness (QED) is 0.641. The maximum Gasteiger partial charge on any atom is 0.433 e. The van der Waals surface area contributed by atoms with Gasteiger partial charge in [-0.1, -0.05) is 29.8 Å². The third-order valence-electron chi connectivity index (χ3n) is 2.69. The Balaban J connectivity index is 2.12. The highest BCUT2D eigenvalue weighted by molar-refractivity contribution is 6.31. The first-order chi connectivity index (χ1) is 9.49. The van der Waals surface area contributed by atoms with Crippen LogP contribution in [0, 0.1) is 10.1 Å². The van der Waals surface area contributed by atoms with E-state index in [-0.39, 0.29) is 12.3 Å². The summed E-state index contributed by atoms with van der Waals surface area (Å²) < 4.78 is 4.87. The van der Waals surface area contributed by atoms with Gasteiger partial charge in [0, 0.05) is 18.6 Å². The van der Waals surface area contributed by atoms with Crippen LogP contribution in [-0.4, -0.2) is 22.8 Å². The van der Waals surface area contributed by atoms with Crippen molar-refractivity contribution in [1.29, 1.82) is 0 Å². The maximum absolute atomic E-state index is 12.1. The predicted octanol–water partition coefficient (Wildman–Crippen LogP) is 3.11. The van der Waals surface area contributed by atoms with Gasteiger partial charge in [-0.05, 0) is 17.7 Å². The van der Waals surface area contributed by atoms with Gasteiger partial charge in [0.15, 0.2) is 5.76 Å². The number of nitro groups is 1. The van der Waals surface area contributed by atoms with E-state index in [1.165, 1.54) is 11.0 Å². The van der Waals surface area contributed by atoms with Crippen molar-refractivity contribution in [3.63, 3.8) is 0 Å². The van der Waals surface area contributed by atoms with E-state index in [0.717, 1.165) is 11.6 Å². The Hall–Kier alpha value is -2.34. The molecule has 0 aliphatic heterocycles. The third-order valence-corrected chi connectivity index (χ3v) is 3.06. The number of benzene rings is 1. The van der Waals surface area contributed by atoms with E-state index < -0.39 is 16.7 Å². The second-order valence-corrected chi connectivity index (χ2v) is 4.55. The van der Waals surface area contributed by atoms with Crippen LogP contribution in [0.4, 0.5) is 5.88 Å². The van der Waals surface area contributed by atoms with Crippen LogP contribution in [0.3, 0.4) is 0 Å². The van der Waals surface area contributed by atoms with Crippen molar-refractivity contribution < 1.29 is 14.1 Å². The molecule has 0 saturated heterocycles. The normalized spacial score (nSPS) is 10.3. The van der Waals surface area contributed by atoms with Crippen molar-refractivity contribution in [1.82, 2.24) is 4.90 Å². The zero-order chi connectivity index (χ0) is 14.7. The number of halogens is 1. The summed E-state index contributed by atoms with van der Waals surface area (Å²) in [6.45, 7) is 0.285. The minimum atomic E-state index is -0.690. The lowest BCUT2D eigenvalue weighted by molar-refractivity contribution is -0.402. The molecule has 0 fully saturated rings. The number of hydrogen-bond donors (Lipinski definition) is 0. The molecule has 6 nitrogen and oxygen atoms in total. The number of rotatable bonds is 4. The van der Waals surface area contributed by atoms with Gasteiger partial charge in [-0.3, -0.25) is 14.9 Å². The zero-order valence-electron chi connectivity index (χ0n) is 10.6. The first-order valence-electron chi connectivity index (χ1n) is 5.72. The Morgan fingerprint density at radius 3 is 2.65 bits per heavy atom. The summed E-state index contributed by atoms with van der Waals surface area (Å²) in [7, 11) is 1.57. The fourth-order valence-electron chi connectivity index (χ4n) is 1.68. The monoisotopic (exact) mass is 294 g/mol. The summed E-state index contributed by atoms with van der Waals surface area (Å²) in [5.74, 6) is -0.983. The molecular weight excluding hydrogens is 284 g/mol. The molecular formula is C13H11ClN2O4. The summed E-state index contributed by atoms with van der Waals surface area (Å²) >= 11 is 6.01. The minimum Gasteiger partial charge on any atom is -0.395 e. The Labute approximate surface area is 119 Å². The first-order valence-corrected chi connectivity index (χ1v) is 6.10. The van der Waals surface area contributed by atoms with Gasteiger partial charge in [0.2, 0.25) is 0 Å². The molecule has 0 unspecified atom stereocenters. The van der Waals surface area contributed by atoms with Gasteiger partial charge in [-0.15, -0.1) is 0 Å². The van der Waals surface area contributed by atoms with Gasteiger partial charge < -0.3 is 9.32 Å². The van der Waals surface area contributed by atoms with E-state index >= 15 is 0 Å². The third kappa shape index (κ3) is 2.97. The van der Waals surface area contributed by atoms with Crippen LogP contribution in [0.5, 0.6) is 0 Å². The van der Waals surface area contributed by atoms with Crippen LogP contribution >= 0.6 is 11.6 Å². The Morgan fingerprint density at radius 1 is 1.35 bits per heavy atom. The Morgan fingerprint density at radius 2 is 2.05 bits per heavy atom. The number of carbonyl (C=O) groups is 1. The van der Waals surface area contributed by atoms with E-state index in [0.29, 0.717) is 5.02 Å². The molecule has 20 heavy (non-hydrogen) atoms. The molecule has 0 aliphatic rings. The highest BCUT2D eigenvalue weighted by atomic mass is 35.5. The fraction of sp³-hybridized carbons (Fsp3) is 0.154. The van der Waals surface area contributed by atoms with Crippen molar-refractivity contribution in [2.24, 2.45) is 0 Å². The van der Waals surface area contributed by atoms with E-state index in [2.05, 4.69) is 0 Å². The van der Waals surface area contributed by atoms with Crippen molar-refractivity contribution in [3.8, 4) is 0 Å². The Kier molecular flexibility index (Phi) is 4.05. The van der Waals surface area contributed by atoms with Gasteiger partial charge in [0.25, 0.3) is 5.91 Å². The van der Waals surface area contributed by atoms with Gasteiger partial charge in [-0.25, -0.2) is 0 Å². The molecule has 0 atom stereocenters. The van der Waals surface area contributed by atoms with E-state index in [4.69, 9.17) is 16.0 Å². The largest absolute Gasteiger partial charge is 0.433 e. The smallest absolute Gasteiger partial charge is 0.395 e. The van der Waals surface area contributed by atoms with Crippen molar-refractivity contribution in [2.75, 3.05) is 7.05 Å². The molecule has 0 bridgehead atoms. The van der Waals surface area contributed by atoms with Crippen molar-refractivity contribution in [3.05, 3.63) is 62.9 Å².